The molecule has 2 heterocycles. The Morgan fingerprint density at radius 2 is 1.82 bits per heavy atom. The molecule has 0 aliphatic carbocycles. The van der Waals surface area contributed by atoms with Gasteiger partial charge in [-0.25, -0.2) is 9.78 Å². The molecule has 150 valence electrons. The third-order valence-corrected chi connectivity index (χ3v) is 6.26. The second-order valence-corrected chi connectivity index (χ2v) is 8.33. The van der Waals surface area contributed by atoms with Gasteiger partial charge in [-0.3, -0.25) is 13.9 Å². The van der Waals surface area contributed by atoms with E-state index in [2.05, 4.69) is 11.9 Å². The minimum atomic E-state index is -0.376. The molecule has 0 saturated heterocycles. The summed E-state index contributed by atoms with van der Waals surface area (Å²) in [4.78, 5) is 29.8. The number of thioether (sulfide) groups is 1. The van der Waals surface area contributed by atoms with Gasteiger partial charge in [0.1, 0.15) is 0 Å². The number of benzene rings is 1. The van der Waals surface area contributed by atoms with Crippen molar-refractivity contribution < 1.29 is 0 Å². The number of hydrogen-bond donors (Lipinski definition) is 0. The normalized spacial score (nSPS) is 11.4. The van der Waals surface area contributed by atoms with E-state index in [-0.39, 0.29) is 11.2 Å². The van der Waals surface area contributed by atoms with Crippen molar-refractivity contribution in [2.24, 2.45) is 14.1 Å². The Morgan fingerprint density at radius 1 is 1.07 bits per heavy atom. The molecular formula is C20H25ClN4O2S. The SMILES string of the molecule is CCCCCCSc1nc2c(c(=O)n(C)c(=O)n2C)n1Cc1ccccc1Cl. The molecule has 0 unspecified atom stereocenters. The molecule has 3 aromatic rings. The molecule has 0 aliphatic heterocycles. The average Bonchev–Trinajstić information content (AvgIpc) is 3.05. The van der Waals surface area contributed by atoms with E-state index < -0.39 is 0 Å². The first kappa shape index (κ1) is 20.7. The molecule has 0 saturated carbocycles. The largest absolute Gasteiger partial charge is 0.332 e. The zero-order valence-electron chi connectivity index (χ0n) is 16.4. The summed E-state index contributed by atoms with van der Waals surface area (Å²) in [5.74, 6) is 0.917. The molecule has 1 aromatic carbocycles. The molecule has 0 spiro atoms. The molecule has 0 N–H and O–H groups in total. The Balaban J connectivity index is 2.08. The van der Waals surface area contributed by atoms with E-state index in [1.54, 1.807) is 18.8 Å². The van der Waals surface area contributed by atoms with Gasteiger partial charge >= 0.3 is 5.69 Å². The summed E-state index contributed by atoms with van der Waals surface area (Å²) in [5, 5.41) is 1.38. The van der Waals surface area contributed by atoms with Crippen molar-refractivity contribution in [1.82, 2.24) is 18.7 Å². The number of fused-ring (bicyclic) bond motifs is 1. The molecule has 3 rings (SSSR count). The van der Waals surface area contributed by atoms with Crippen molar-refractivity contribution in [2.45, 2.75) is 44.3 Å². The highest BCUT2D eigenvalue weighted by atomic mass is 35.5. The van der Waals surface area contributed by atoms with Crippen LogP contribution in [0.15, 0.2) is 39.0 Å². The zero-order valence-corrected chi connectivity index (χ0v) is 18.0. The first-order valence-electron chi connectivity index (χ1n) is 9.48. The second-order valence-electron chi connectivity index (χ2n) is 6.86. The molecule has 0 atom stereocenters. The van der Waals surface area contributed by atoms with Gasteiger partial charge < -0.3 is 4.57 Å². The van der Waals surface area contributed by atoms with Crippen LogP contribution in [0.5, 0.6) is 0 Å². The van der Waals surface area contributed by atoms with Crippen LogP contribution in [-0.2, 0) is 20.6 Å². The monoisotopic (exact) mass is 420 g/mol. The lowest BCUT2D eigenvalue weighted by molar-refractivity contribution is 0.694. The number of rotatable bonds is 8. The lowest BCUT2D eigenvalue weighted by Gasteiger charge is -2.10. The smallest absolute Gasteiger partial charge is 0.309 e. The maximum atomic E-state index is 12.9. The van der Waals surface area contributed by atoms with Crippen LogP contribution in [0, 0.1) is 0 Å². The summed E-state index contributed by atoms with van der Waals surface area (Å²) in [6.07, 6.45) is 4.67. The number of imidazole rings is 1. The number of aromatic nitrogens is 4. The minimum absolute atomic E-state index is 0.338. The number of aryl methyl sites for hydroxylation is 1. The van der Waals surface area contributed by atoms with Crippen LogP contribution in [0.25, 0.3) is 11.2 Å². The Kier molecular flexibility index (Phi) is 6.67. The summed E-state index contributed by atoms with van der Waals surface area (Å²) >= 11 is 7.98. The molecule has 0 bridgehead atoms. The summed E-state index contributed by atoms with van der Waals surface area (Å²) < 4.78 is 4.45. The van der Waals surface area contributed by atoms with Crippen LogP contribution in [0.4, 0.5) is 0 Å². The van der Waals surface area contributed by atoms with Crippen molar-refractivity contribution in [1.29, 1.82) is 0 Å². The first-order chi connectivity index (χ1) is 13.5. The molecule has 0 radical (unpaired) electrons. The van der Waals surface area contributed by atoms with Gasteiger partial charge in [-0.15, -0.1) is 0 Å². The molecule has 0 amide bonds. The van der Waals surface area contributed by atoms with Crippen LogP contribution in [0.3, 0.4) is 0 Å². The Labute approximate surface area is 173 Å². The van der Waals surface area contributed by atoms with Crippen molar-refractivity contribution in [3.8, 4) is 0 Å². The predicted octanol–water partition coefficient (Wildman–Crippen LogP) is 3.81. The molecule has 2 aromatic heterocycles. The van der Waals surface area contributed by atoms with E-state index in [4.69, 9.17) is 11.6 Å². The molecule has 8 heteroatoms. The minimum Gasteiger partial charge on any atom is -0.309 e. The van der Waals surface area contributed by atoms with Gasteiger partial charge in [0, 0.05) is 24.9 Å². The van der Waals surface area contributed by atoms with Crippen molar-refractivity contribution in [3.05, 3.63) is 55.7 Å². The lowest BCUT2D eigenvalue weighted by atomic mass is 10.2. The van der Waals surface area contributed by atoms with Gasteiger partial charge in [-0.05, 0) is 18.1 Å². The van der Waals surface area contributed by atoms with Crippen molar-refractivity contribution in [3.63, 3.8) is 0 Å². The van der Waals surface area contributed by atoms with Gasteiger partial charge in [-0.1, -0.05) is 67.7 Å². The van der Waals surface area contributed by atoms with Gasteiger partial charge in [0.05, 0.1) is 6.54 Å². The van der Waals surface area contributed by atoms with Gasteiger partial charge in [0.2, 0.25) is 0 Å². The lowest BCUT2D eigenvalue weighted by Crippen LogP contribution is -2.37. The van der Waals surface area contributed by atoms with Gasteiger partial charge in [0.15, 0.2) is 16.3 Å². The molecular weight excluding hydrogens is 396 g/mol. The average molecular weight is 421 g/mol. The van der Waals surface area contributed by atoms with Gasteiger partial charge in [-0.2, -0.15) is 0 Å². The first-order valence-corrected chi connectivity index (χ1v) is 10.8. The summed E-state index contributed by atoms with van der Waals surface area (Å²) in [5.41, 5.74) is 1.04. The fourth-order valence-corrected chi connectivity index (χ4v) is 4.36. The molecule has 0 fully saturated rings. The topological polar surface area (TPSA) is 61.8 Å². The highest BCUT2D eigenvalue weighted by Gasteiger charge is 2.20. The Hall–Kier alpha value is -1.99. The Morgan fingerprint density at radius 3 is 2.54 bits per heavy atom. The highest BCUT2D eigenvalue weighted by molar-refractivity contribution is 7.99. The molecule has 28 heavy (non-hydrogen) atoms. The van der Waals surface area contributed by atoms with E-state index in [1.807, 2.05) is 28.8 Å². The number of unbranched alkanes of at least 4 members (excludes halogenated alkanes) is 3. The van der Waals surface area contributed by atoms with E-state index in [1.165, 1.54) is 30.9 Å². The second kappa shape index (κ2) is 9.01. The quantitative estimate of drug-likeness (QED) is 0.410. The number of nitrogens with zero attached hydrogens (tertiary/aromatic N) is 4. The fourth-order valence-electron chi connectivity index (χ4n) is 3.17. The summed E-state index contributed by atoms with van der Waals surface area (Å²) in [7, 11) is 3.14. The maximum Gasteiger partial charge on any atom is 0.332 e. The van der Waals surface area contributed by atoms with Crippen LogP contribution < -0.4 is 11.2 Å². The van der Waals surface area contributed by atoms with Crippen LogP contribution in [-0.4, -0.2) is 24.4 Å². The molecule has 6 nitrogen and oxygen atoms in total. The maximum absolute atomic E-state index is 12.9. The van der Waals surface area contributed by atoms with E-state index in [0.717, 1.165) is 27.5 Å². The zero-order chi connectivity index (χ0) is 20.3. The van der Waals surface area contributed by atoms with Crippen LogP contribution in [0.2, 0.25) is 5.02 Å². The van der Waals surface area contributed by atoms with E-state index in [9.17, 15) is 9.59 Å². The fraction of sp³-hybridized carbons (Fsp3) is 0.450. The van der Waals surface area contributed by atoms with Crippen molar-refractivity contribution >= 4 is 34.5 Å². The van der Waals surface area contributed by atoms with Crippen molar-refractivity contribution in [2.75, 3.05) is 5.75 Å². The van der Waals surface area contributed by atoms with Crippen LogP contribution in [0.1, 0.15) is 38.2 Å². The van der Waals surface area contributed by atoms with Crippen LogP contribution >= 0.6 is 23.4 Å². The van der Waals surface area contributed by atoms with E-state index in [0.29, 0.717) is 22.7 Å². The summed E-state index contributed by atoms with van der Waals surface area (Å²) in [6.45, 7) is 2.62. The highest BCUT2D eigenvalue weighted by Crippen LogP contribution is 2.26. The number of hydrogen-bond acceptors (Lipinski definition) is 4. The Bertz CT molecular complexity index is 1100. The third-order valence-electron chi connectivity index (χ3n) is 4.83. The van der Waals surface area contributed by atoms with Gasteiger partial charge in [0.25, 0.3) is 5.56 Å². The van der Waals surface area contributed by atoms with E-state index >= 15 is 0 Å². The molecule has 0 aliphatic rings. The predicted molar refractivity (Wildman–Crippen MR) is 116 cm³/mol. The third kappa shape index (κ3) is 4.05. The number of halogens is 1. The summed E-state index contributed by atoms with van der Waals surface area (Å²) in [6, 6.07) is 7.58. The standard InChI is InChI=1S/C20H25ClN4O2S/c1-4-5-6-9-12-28-19-22-17-16(18(26)24(3)20(27)23(17)2)25(19)13-14-10-7-8-11-15(14)21/h7-8,10-11H,4-6,9,12-13H2,1-3H3.